The average Bonchev–Trinajstić information content (AvgIpc) is 2.95. The minimum atomic E-state index is -3.53. The fourth-order valence-corrected chi connectivity index (χ4v) is 5.27. The summed E-state index contributed by atoms with van der Waals surface area (Å²) < 4.78 is 51.6. The molecule has 3 atom stereocenters. The van der Waals surface area contributed by atoms with E-state index >= 15 is 0 Å². The Morgan fingerprint density at radius 1 is 0.867 bits per heavy atom. The molecule has 0 heterocycles. The molecule has 0 aromatic rings. The van der Waals surface area contributed by atoms with Crippen molar-refractivity contribution in [1.29, 1.82) is 0 Å². The maximum atomic E-state index is 13.6. The highest BCUT2D eigenvalue weighted by Crippen LogP contribution is 2.43. The Bertz CT molecular complexity index is 949. The number of alkyl halides is 2. The van der Waals surface area contributed by atoms with Gasteiger partial charge in [-0.05, 0) is 56.3 Å². The first-order chi connectivity index (χ1) is 21.2. The number of halogens is 2. The van der Waals surface area contributed by atoms with Crippen molar-refractivity contribution in [2.45, 2.75) is 98.1 Å². The van der Waals surface area contributed by atoms with E-state index in [9.17, 15) is 28.0 Å². The molecule has 1 aliphatic carbocycles. The van der Waals surface area contributed by atoms with Gasteiger partial charge in [0.1, 0.15) is 6.61 Å². The number of carbonyl (C=O) groups is 4. The first-order valence-corrected chi connectivity index (χ1v) is 15.8. The zero-order valence-corrected chi connectivity index (χ0v) is 27.5. The van der Waals surface area contributed by atoms with Crippen molar-refractivity contribution in [2.24, 2.45) is 17.3 Å². The summed E-state index contributed by atoms with van der Waals surface area (Å²) in [7, 11) is 0. The minimum absolute atomic E-state index is 0.0432. The second kappa shape index (κ2) is 20.8. The lowest BCUT2D eigenvalue weighted by Crippen LogP contribution is -2.51. The highest BCUT2D eigenvalue weighted by molar-refractivity contribution is 5.86. The number of esters is 1. The summed E-state index contributed by atoms with van der Waals surface area (Å²) in [6.45, 7) is 12.8. The van der Waals surface area contributed by atoms with Gasteiger partial charge in [-0.15, -0.1) is 0 Å². The van der Waals surface area contributed by atoms with Gasteiger partial charge in [-0.3, -0.25) is 0 Å². The standard InChI is InChI=1S/C31H53F2N3O9/c1-7-14-45-31(32,33)21-44-29(40)36-24-18-23(4)25(30(5,6)19-24)20-35-28(39)43-16-12-10-8-9-11-15-42-27(38)34-13-17-41-26(37)22(2)3/h23-25H,2,7-21H2,1,3-6H3,(H,34,38)(H,35,39)(H,36,40). The first kappa shape index (κ1) is 39.9. The predicted molar refractivity (Wildman–Crippen MR) is 163 cm³/mol. The Hall–Kier alpha value is -3.16. The van der Waals surface area contributed by atoms with E-state index in [2.05, 4.69) is 41.1 Å². The lowest BCUT2D eigenvalue weighted by molar-refractivity contribution is -0.256. The second-order valence-electron chi connectivity index (χ2n) is 12.2. The SMILES string of the molecule is C=C(C)C(=O)OCCNC(=O)OCCCCCCCOC(=O)NCC1C(C)CC(NC(=O)OCC(F)(F)OCCC)CC1(C)C. The number of nitrogens with one attached hydrogen (secondary N) is 3. The van der Waals surface area contributed by atoms with Crippen molar-refractivity contribution in [3.8, 4) is 0 Å². The van der Waals surface area contributed by atoms with Crippen molar-refractivity contribution in [3.63, 3.8) is 0 Å². The van der Waals surface area contributed by atoms with Crippen LogP contribution in [0.5, 0.6) is 0 Å². The Balaban J connectivity index is 2.16. The molecule has 0 bridgehead atoms. The van der Waals surface area contributed by atoms with Crippen LogP contribution in [0.4, 0.5) is 23.2 Å². The summed E-state index contributed by atoms with van der Waals surface area (Å²) in [4.78, 5) is 47.2. The van der Waals surface area contributed by atoms with E-state index in [4.69, 9.17) is 18.9 Å². The number of hydrogen-bond donors (Lipinski definition) is 3. The lowest BCUT2D eigenvalue weighted by Gasteiger charge is -2.46. The van der Waals surface area contributed by atoms with Gasteiger partial charge < -0.3 is 39.6 Å². The molecular formula is C31H53F2N3O9. The van der Waals surface area contributed by atoms with Gasteiger partial charge in [0.25, 0.3) is 0 Å². The topological polar surface area (TPSA) is 151 Å². The maximum absolute atomic E-state index is 13.6. The van der Waals surface area contributed by atoms with Crippen LogP contribution in [0.25, 0.3) is 0 Å². The molecule has 260 valence electrons. The van der Waals surface area contributed by atoms with Gasteiger partial charge in [-0.2, -0.15) is 8.78 Å². The molecule has 1 fully saturated rings. The smallest absolute Gasteiger partial charge is 0.407 e. The molecule has 0 aliphatic heterocycles. The van der Waals surface area contributed by atoms with Crippen LogP contribution in [0.3, 0.4) is 0 Å². The number of alkyl carbamates (subject to hydrolysis) is 3. The normalized spacial score (nSPS) is 19.1. The first-order valence-electron chi connectivity index (χ1n) is 15.8. The van der Waals surface area contributed by atoms with E-state index in [1.165, 1.54) is 0 Å². The molecule has 0 spiro atoms. The summed E-state index contributed by atoms with van der Waals surface area (Å²) >= 11 is 0. The molecule has 3 unspecified atom stereocenters. The molecule has 12 nitrogen and oxygen atoms in total. The van der Waals surface area contributed by atoms with Crippen molar-refractivity contribution in [3.05, 3.63) is 12.2 Å². The van der Waals surface area contributed by atoms with Gasteiger partial charge in [-0.25, -0.2) is 19.2 Å². The van der Waals surface area contributed by atoms with Crippen LogP contribution in [0.1, 0.15) is 86.0 Å². The quantitative estimate of drug-likeness (QED) is 0.0654. The van der Waals surface area contributed by atoms with Crippen LogP contribution in [0.2, 0.25) is 0 Å². The zero-order chi connectivity index (χ0) is 33.9. The second-order valence-corrected chi connectivity index (χ2v) is 12.2. The van der Waals surface area contributed by atoms with Gasteiger partial charge in [0.05, 0.1) is 26.4 Å². The predicted octanol–water partition coefficient (Wildman–Crippen LogP) is 5.70. The van der Waals surface area contributed by atoms with Gasteiger partial charge in [-0.1, -0.05) is 53.5 Å². The summed E-state index contributed by atoms with van der Waals surface area (Å²) in [5.41, 5.74) is 0.0430. The third-order valence-electron chi connectivity index (χ3n) is 7.50. The average molecular weight is 650 g/mol. The number of carbonyl (C=O) groups excluding carboxylic acids is 4. The summed E-state index contributed by atoms with van der Waals surface area (Å²) in [6, 6.07) is -0.246. The van der Waals surface area contributed by atoms with Crippen LogP contribution in [0, 0.1) is 17.3 Å². The number of rotatable bonds is 20. The van der Waals surface area contributed by atoms with Gasteiger partial charge in [0.2, 0.25) is 0 Å². The Labute approximate surface area is 265 Å². The van der Waals surface area contributed by atoms with E-state index < -0.39 is 37.0 Å². The lowest BCUT2D eigenvalue weighted by atomic mass is 9.62. The Morgan fingerprint density at radius 2 is 1.47 bits per heavy atom. The molecule has 0 aromatic carbocycles. The maximum Gasteiger partial charge on any atom is 0.407 e. The molecular weight excluding hydrogens is 596 g/mol. The van der Waals surface area contributed by atoms with Crippen LogP contribution >= 0.6 is 0 Å². The third kappa shape index (κ3) is 17.8. The van der Waals surface area contributed by atoms with Crippen LogP contribution in [-0.2, 0) is 28.5 Å². The van der Waals surface area contributed by atoms with E-state index in [1.807, 2.05) is 6.92 Å². The molecule has 0 aromatic heterocycles. The molecule has 0 radical (unpaired) electrons. The highest BCUT2D eigenvalue weighted by atomic mass is 19.3. The van der Waals surface area contributed by atoms with Crippen molar-refractivity contribution >= 4 is 24.2 Å². The molecule has 0 saturated heterocycles. The number of amides is 3. The number of ether oxygens (including phenoxy) is 5. The van der Waals surface area contributed by atoms with E-state index in [0.29, 0.717) is 50.8 Å². The van der Waals surface area contributed by atoms with Crippen LogP contribution < -0.4 is 16.0 Å². The molecule has 45 heavy (non-hydrogen) atoms. The summed E-state index contributed by atoms with van der Waals surface area (Å²) in [5, 5.41) is 8.04. The monoisotopic (exact) mass is 649 g/mol. The largest absolute Gasteiger partial charge is 0.460 e. The third-order valence-corrected chi connectivity index (χ3v) is 7.50. The number of unbranched alkanes of at least 4 members (excludes halogenated alkanes) is 4. The summed E-state index contributed by atoms with van der Waals surface area (Å²) in [6.07, 6.45) is 0.191. The molecule has 14 heteroatoms. The summed E-state index contributed by atoms with van der Waals surface area (Å²) in [5.74, 6) is -0.254. The van der Waals surface area contributed by atoms with Gasteiger partial charge >= 0.3 is 30.4 Å². The van der Waals surface area contributed by atoms with Crippen LogP contribution in [-0.4, -0.2) is 82.5 Å². The minimum Gasteiger partial charge on any atom is -0.460 e. The van der Waals surface area contributed by atoms with E-state index in [0.717, 1.165) is 19.3 Å². The van der Waals surface area contributed by atoms with Gasteiger partial charge in [0.15, 0.2) is 6.61 Å². The van der Waals surface area contributed by atoms with Crippen LogP contribution in [0.15, 0.2) is 12.2 Å². The number of hydrogen-bond acceptors (Lipinski definition) is 9. The Kier molecular flexibility index (Phi) is 18.4. The van der Waals surface area contributed by atoms with Crippen molar-refractivity contribution in [1.82, 2.24) is 16.0 Å². The van der Waals surface area contributed by atoms with E-state index in [1.54, 1.807) is 13.8 Å². The van der Waals surface area contributed by atoms with Crippen molar-refractivity contribution in [2.75, 3.05) is 46.1 Å². The highest BCUT2D eigenvalue weighted by Gasteiger charge is 2.42. The fraction of sp³-hybridized carbons (Fsp3) is 0.806. The molecule has 1 aliphatic rings. The molecule has 3 N–H and O–H groups in total. The van der Waals surface area contributed by atoms with E-state index in [-0.39, 0.29) is 49.7 Å². The molecule has 1 saturated carbocycles. The van der Waals surface area contributed by atoms with Gasteiger partial charge in [0, 0.05) is 18.2 Å². The fourth-order valence-electron chi connectivity index (χ4n) is 5.27. The zero-order valence-electron chi connectivity index (χ0n) is 27.5. The molecule has 1 rings (SSSR count). The Morgan fingerprint density at radius 3 is 2.04 bits per heavy atom. The van der Waals surface area contributed by atoms with Crippen molar-refractivity contribution < 1.29 is 51.6 Å². The molecule has 3 amide bonds.